The fourth-order valence-electron chi connectivity index (χ4n) is 2.19. The smallest absolute Gasteiger partial charge is 0.146 e. The number of hydrogen-bond acceptors (Lipinski definition) is 3. The predicted octanol–water partition coefficient (Wildman–Crippen LogP) is 3.30. The molecule has 0 amide bonds. The van der Waals surface area contributed by atoms with Gasteiger partial charge in [-0.05, 0) is 33.1 Å². The van der Waals surface area contributed by atoms with Crippen LogP contribution < -0.4 is 4.90 Å². The minimum atomic E-state index is -0.592. The Morgan fingerprint density at radius 1 is 1.32 bits per heavy atom. The van der Waals surface area contributed by atoms with E-state index >= 15 is 0 Å². The van der Waals surface area contributed by atoms with Gasteiger partial charge in [-0.3, -0.25) is 4.98 Å². The summed E-state index contributed by atoms with van der Waals surface area (Å²) in [6.07, 6.45) is 4.13. The molecule has 1 aliphatic rings. The molecule has 1 aromatic heterocycles. The second kappa shape index (κ2) is 6.85. The van der Waals surface area contributed by atoms with Crippen LogP contribution >= 0.6 is 0 Å². The second-order valence-electron chi connectivity index (χ2n) is 5.10. The quantitative estimate of drug-likeness (QED) is 0.849. The Kier molecular flexibility index (Phi) is 5.73. The van der Waals surface area contributed by atoms with Crippen LogP contribution in [0.4, 0.5) is 10.1 Å². The van der Waals surface area contributed by atoms with E-state index in [1.54, 1.807) is 13.1 Å². The van der Waals surface area contributed by atoms with Crippen LogP contribution in [0.15, 0.2) is 12.3 Å². The van der Waals surface area contributed by atoms with Crippen molar-refractivity contribution in [1.82, 2.24) is 4.98 Å². The van der Waals surface area contributed by atoms with Gasteiger partial charge in [-0.25, -0.2) is 4.39 Å². The minimum absolute atomic E-state index is 0.265. The molecular formula is C15H25FN2O. The van der Waals surface area contributed by atoms with Crippen LogP contribution in [0.25, 0.3) is 0 Å². The molecule has 0 spiro atoms. The first-order valence-electron chi connectivity index (χ1n) is 7.07. The summed E-state index contributed by atoms with van der Waals surface area (Å²) in [4.78, 5) is 6.14. The maximum absolute atomic E-state index is 13.4. The molecular weight excluding hydrogens is 243 g/mol. The van der Waals surface area contributed by atoms with Crippen molar-refractivity contribution >= 4 is 5.69 Å². The van der Waals surface area contributed by atoms with Crippen molar-refractivity contribution < 1.29 is 9.50 Å². The summed E-state index contributed by atoms with van der Waals surface area (Å²) in [7, 11) is 0. The van der Waals surface area contributed by atoms with Crippen molar-refractivity contribution in [3.63, 3.8) is 0 Å². The Morgan fingerprint density at radius 3 is 2.63 bits per heavy atom. The van der Waals surface area contributed by atoms with E-state index in [2.05, 4.69) is 9.88 Å². The van der Waals surface area contributed by atoms with Crippen LogP contribution in [-0.2, 0) is 0 Å². The zero-order valence-electron chi connectivity index (χ0n) is 12.4. The van der Waals surface area contributed by atoms with Gasteiger partial charge in [0.05, 0.1) is 23.2 Å². The number of aromatic nitrogens is 1. The molecule has 108 valence electrons. The summed E-state index contributed by atoms with van der Waals surface area (Å²) in [6, 6.07) is 1.53. The third-order valence-corrected chi connectivity index (χ3v) is 3.44. The normalized spacial score (nSPS) is 23.4. The fraction of sp³-hybridized carbons (Fsp3) is 0.667. The third-order valence-electron chi connectivity index (χ3n) is 3.44. The topological polar surface area (TPSA) is 36.4 Å². The highest BCUT2D eigenvalue weighted by Gasteiger charge is 2.25. The Balaban J connectivity index is 0.000000861. The highest BCUT2D eigenvalue weighted by Crippen LogP contribution is 2.25. The highest BCUT2D eigenvalue weighted by atomic mass is 19.1. The van der Waals surface area contributed by atoms with Gasteiger partial charge in [0, 0.05) is 19.2 Å². The summed E-state index contributed by atoms with van der Waals surface area (Å²) in [5.74, 6) is -0.265. The zero-order valence-corrected chi connectivity index (χ0v) is 12.4. The van der Waals surface area contributed by atoms with E-state index in [0.29, 0.717) is 12.1 Å². The number of nitrogens with zero attached hydrogens (tertiary/aromatic N) is 2. The van der Waals surface area contributed by atoms with Crippen LogP contribution in [0.1, 0.15) is 45.7 Å². The van der Waals surface area contributed by atoms with Crippen molar-refractivity contribution in [3.8, 4) is 0 Å². The van der Waals surface area contributed by atoms with Crippen molar-refractivity contribution in [1.29, 1.82) is 0 Å². The van der Waals surface area contributed by atoms with E-state index in [9.17, 15) is 9.50 Å². The molecule has 2 heterocycles. The Bertz CT molecular complexity index is 407. The molecule has 1 N–H and O–H groups in total. The van der Waals surface area contributed by atoms with Gasteiger partial charge in [0.1, 0.15) is 5.82 Å². The number of aryl methyl sites for hydroxylation is 1. The van der Waals surface area contributed by atoms with Gasteiger partial charge in [0.15, 0.2) is 0 Å². The first kappa shape index (κ1) is 15.9. The maximum atomic E-state index is 13.4. The van der Waals surface area contributed by atoms with Gasteiger partial charge in [-0.15, -0.1) is 0 Å². The highest BCUT2D eigenvalue weighted by molar-refractivity contribution is 5.45. The maximum Gasteiger partial charge on any atom is 0.146 e. The number of rotatable bonds is 1. The number of pyridine rings is 1. The molecule has 1 unspecified atom stereocenters. The van der Waals surface area contributed by atoms with Gasteiger partial charge < -0.3 is 10.0 Å². The van der Waals surface area contributed by atoms with Crippen molar-refractivity contribution in [3.05, 3.63) is 23.8 Å². The molecule has 0 saturated carbocycles. The summed E-state index contributed by atoms with van der Waals surface area (Å²) < 4.78 is 13.4. The van der Waals surface area contributed by atoms with E-state index < -0.39 is 5.60 Å². The lowest BCUT2D eigenvalue weighted by atomic mass is 9.98. The first-order valence-corrected chi connectivity index (χ1v) is 7.07. The van der Waals surface area contributed by atoms with E-state index in [1.165, 1.54) is 6.07 Å². The number of halogens is 1. The van der Waals surface area contributed by atoms with E-state index in [1.807, 2.05) is 20.8 Å². The van der Waals surface area contributed by atoms with Crippen molar-refractivity contribution in [2.75, 3.05) is 18.0 Å². The lowest BCUT2D eigenvalue weighted by molar-refractivity contribution is 0.0481. The average Bonchev–Trinajstić information content (AvgIpc) is 2.56. The van der Waals surface area contributed by atoms with Crippen LogP contribution in [0, 0.1) is 12.7 Å². The summed E-state index contributed by atoms with van der Waals surface area (Å²) in [5, 5.41) is 10.0. The molecule has 0 radical (unpaired) electrons. The largest absolute Gasteiger partial charge is 0.390 e. The molecule has 1 aliphatic heterocycles. The third kappa shape index (κ3) is 4.46. The average molecular weight is 268 g/mol. The van der Waals surface area contributed by atoms with Crippen LogP contribution in [0.5, 0.6) is 0 Å². The fourth-order valence-corrected chi connectivity index (χ4v) is 2.19. The molecule has 1 fully saturated rings. The van der Waals surface area contributed by atoms with E-state index in [4.69, 9.17) is 0 Å². The number of anilines is 1. The number of aliphatic hydroxyl groups is 1. The van der Waals surface area contributed by atoms with E-state index in [-0.39, 0.29) is 5.82 Å². The van der Waals surface area contributed by atoms with Crippen molar-refractivity contribution in [2.24, 2.45) is 0 Å². The lowest BCUT2D eigenvalue weighted by Gasteiger charge is -2.24. The van der Waals surface area contributed by atoms with Crippen LogP contribution in [0.3, 0.4) is 0 Å². The van der Waals surface area contributed by atoms with Gasteiger partial charge in [-0.1, -0.05) is 13.8 Å². The molecule has 4 heteroatoms. The lowest BCUT2D eigenvalue weighted by Crippen LogP contribution is -2.28. The summed E-state index contributed by atoms with van der Waals surface area (Å²) in [6.45, 7) is 9.12. The van der Waals surface area contributed by atoms with Crippen molar-refractivity contribution in [2.45, 2.75) is 52.6 Å². The molecule has 19 heavy (non-hydrogen) atoms. The molecule has 0 aliphatic carbocycles. The molecule has 0 aromatic carbocycles. The Labute approximate surface area is 115 Å². The van der Waals surface area contributed by atoms with Gasteiger partial charge in [0.2, 0.25) is 0 Å². The first-order chi connectivity index (χ1) is 8.98. The predicted molar refractivity (Wildman–Crippen MR) is 77.0 cm³/mol. The molecule has 1 aromatic rings. The Morgan fingerprint density at radius 2 is 2.00 bits per heavy atom. The van der Waals surface area contributed by atoms with Gasteiger partial charge >= 0.3 is 0 Å². The molecule has 3 nitrogen and oxygen atoms in total. The van der Waals surface area contributed by atoms with Crippen LogP contribution in [0.2, 0.25) is 0 Å². The summed E-state index contributed by atoms with van der Waals surface area (Å²) in [5.41, 5.74) is 0.646. The summed E-state index contributed by atoms with van der Waals surface area (Å²) >= 11 is 0. The molecule has 1 atom stereocenters. The molecule has 2 rings (SSSR count). The van der Waals surface area contributed by atoms with E-state index in [0.717, 1.165) is 31.6 Å². The molecule has 0 bridgehead atoms. The molecule has 1 saturated heterocycles. The SMILES string of the molecule is CC.Cc1ncc(N2CCCC(C)(O)CC2)cc1F. The number of hydrogen-bond donors (Lipinski definition) is 1. The standard InChI is InChI=1S/C13H19FN2O.C2H6/c1-10-12(14)8-11(9-15-10)16-6-3-4-13(2,17)5-7-16;1-2/h8-9,17H,3-7H2,1-2H3;1-2H3. The van der Waals surface area contributed by atoms with Gasteiger partial charge in [-0.2, -0.15) is 0 Å². The Hall–Kier alpha value is -1.16. The van der Waals surface area contributed by atoms with Gasteiger partial charge in [0.25, 0.3) is 0 Å². The zero-order chi connectivity index (χ0) is 14.5. The monoisotopic (exact) mass is 268 g/mol. The van der Waals surface area contributed by atoms with Crippen LogP contribution in [-0.4, -0.2) is 28.8 Å². The second-order valence-corrected chi connectivity index (χ2v) is 5.10. The minimum Gasteiger partial charge on any atom is -0.390 e.